The molecule has 0 aliphatic rings. The molecule has 0 unspecified atom stereocenters. The zero-order chi connectivity index (χ0) is 12.8. The van der Waals surface area contributed by atoms with E-state index in [-0.39, 0.29) is 23.8 Å². The molecule has 0 aliphatic carbocycles. The Balaban J connectivity index is 2.83. The van der Waals surface area contributed by atoms with E-state index in [1.807, 2.05) is 0 Å². The molecule has 17 heavy (non-hydrogen) atoms. The molecule has 1 aromatic carbocycles. The van der Waals surface area contributed by atoms with Crippen molar-refractivity contribution >= 4 is 6.72 Å². The predicted octanol–water partition coefficient (Wildman–Crippen LogP) is 2.50. The first-order valence-corrected chi connectivity index (χ1v) is 4.74. The van der Waals surface area contributed by atoms with Gasteiger partial charge in [-0.15, -0.1) is 0 Å². The molecule has 2 N–H and O–H groups in total. The van der Waals surface area contributed by atoms with Gasteiger partial charge in [0.05, 0.1) is 0 Å². The normalized spacial score (nSPS) is 11.6. The molecule has 0 aromatic heterocycles. The highest BCUT2D eigenvalue weighted by atomic mass is 19.1. The maximum absolute atomic E-state index is 13.3. The Bertz CT molecular complexity index is 470. The summed E-state index contributed by atoms with van der Waals surface area (Å²) in [4.78, 5) is 3.46. The van der Waals surface area contributed by atoms with Gasteiger partial charge >= 0.3 is 0 Å². The fraction of sp³-hybridized carbons (Fsp3) is 0.0833. The van der Waals surface area contributed by atoms with Gasteiger partial charge in [0.15, 0.2) is 11.6 Å². The third-order valence-corrected chi connectivity index (χ3v) is 2.00. The minimum Gasteiger partial charge on any atom is -0.485 e. The maximum atomic E-state index is 13.3. The third-order valence-electron chi connectivity index (χ3n) is 2.00. The predicted molar refractivity (Wildman–Crippen MR) is 62.1 cm³/mol. The number of ether oxygens (including phenoxy) is 1. The summed E-state index contributed by atoms with van der Waals surface area (Å²) in [6.45, 7) is 6.52. The molecule has 0 heterocycles. The summed E-state index contributed by atoms with van der Waals surface area (Å²) in [5.74, 6) is -0.885. The number of allylic oxidation sites excluding steroid dienone is 1. The lowest BCUT2D eigenvalue weighted by Gasteiger charge is -2.08. The Labute approximate surface area is 97.9 Å². The van der Waals surface area contributed by atoms with Crippen LogP contribution in [0.1, 0.15) is 5.56 Å². The van der Waals surface area contributed by atoms with Crippen molar-refractivity contribution in [1.29, 1.82) is 0 Å². The van der Waals surface area contributed by atoms with Crippen LogP contribution in [0.3, 0.4) is 0 Å². The lowest BCUT2D eigenvalue weighted by atomic mass is 10.2. The van der Waals surface area contributed by atoms with Crippen molar-refractivity contribution in [3.63, 3.8) is 0 Å². The van der Waals surface area contributed by atoms with E-state index in [1.54, 1.807) is 0 Å². The summed E-state index contributed by atoms with van der Waals surface area (Å²) >= 11 is 0. The van der Waals surface area contributed by atoms with E-state index < -0.39 is 11.6 Å². The first-order chi connectivity index (χ1) is 8.08. The molecule has 0 saturated heterocycles. The van der Waals surface area contributed by atoms with Crippen LogP contribution in [0.4, 0.5) is 8.78 Å². The molecule has 0 saturated carbocycles. The van der Waals surface area contributed by atoms with Crippen molar-refractivity contribution in [1.82, 2.24) is 0 Å². The first-order valence-electron chi connectivity index (χ1n) is 4.74. The molecule has 0 fully saturated rings. The molecule has 1 aromatic rings. The fourth-order valence-corrected chi connectivity index (χ4v) is 1.12. The monoisotopic (exact) mass is 238 g/mol. The maximum Gasteiger partial charge on any atom is 0.165 e. The van der Waals surface area contributed by atoms with Gasteiger partial charge in [0.2, 0.25) is 0 Å². The van der Waals surface area contributed by atoms with Gasteiger partial charge in [-0.3, -0.25) is 0 Å². The van der Waals surface area contributed by atoms with Crippen LogP contribution in [0.2, 0.25) is 0 Å². The van der Waals surface area contributed by atoms with Crippen molar-refractivity contribution in [3.05, 3.63) is 59.6 Å². The third kappa shape index (κ3) is 3.41. The van der Waals surface area contributed by atoms with Gasteiger partial charge in [0, 0.05) is 5.56 Å². The number of nitrogens with two attached hydrogens (primary N) is 1. The molecule has 0 spiro atoms. The van der Waals surface area contributed by atoms with Crippen molar-refractivity contribution in [2.24, 2.45) is 10.7 Å². The van der Waals surface area contributed by atoms with Crippen LogP contribution in [0.5, 0.6) is 0 Å². The lowest BCUT2D eigenvalue weighted by Crippen LogP contribution is -2.03. The summed E-state index contributed by atoms with van der Waals surface area (Å²) in [7, 11) is 0. The van der Waals surface area contributed by atoms with Crippen LogP contribution in [-0.2, 0) is 11.3 Å². The zero-order valence-electron chi connectivity index (χ0n) is 9.12. The lowest BCUT2D eigenvalue weighted by molar-refractivity contribution is 0.203. The quantitative estimate of drug-likeness (QED) is 0.486. The molecule has 5 heteroatoms. The van der Waals surface area contributed by atoms with Gasteiger partial charge in [0.25, 0.3) is 0 Å². The van der Waals surface area contributed by atoms with E-state index in [4.69, 9.17) is 10.5 Å². The number of nitrogens with zero attached hydrogens (tertiary/aromatic N) is 1. The number of hydrogen-bond donors (Lipinski definition) is 1. The molecule has 90 valence electrons. The van der Waals surface area contributed by atoms with E-state index in [0.29, 0.717) is 0 Å². The minimum atomic E-state index is -0.556. The molecule has 0 atom stereocenters. The molecule has 0 radical (unpaired) electrons. The van der Waals surface area contributed by atoms with Crippen molar-refractivity contribution in [2.45, 2.75) is 6.61 Å². The van der Waals surface area contributed by atoms with E-state index in [2.05, 4.69) is 18.3 Å². The van der Waals surface area contributed by atoms with Crippen LogP contribution < -0.4 is 5.73 Å². The van der Waals surface area contributed by atoms with Gasteiger partial charge in [0.1, 0.15) is 18.2 Å². The summed E-state index contributed by atoms with van der Waals surface area (Å²) in [6.07, 6.45) is 1.32. The highest BCUT2D eigenvalue weighted by Crippen LogP contribution is 2.14. The minimum absolute atomic E-state index is 0.0387. The Morgan fingerprint density at radius 3 is 2.76 bits per heavy atom. The van der Waals surface area contributed by atoms with Crippen LogP contribution in [0, 0.1) is 11.6 Å². The SMILES string of the molecule is C=C/C(OCc1cc(F)ccc1F)=C(/N)N=C. The summed E-state index contributed by atoms with van der Waals surface area (Å²) in [5.41, 5.74) is 5.53. The van der Waals surface area contributed by atoms with Crippen LogP contribution in [0.15, 0.2) is 47.4 Å². The summed E-state index contributed by atoms with van der Waals surface area (Å²) < 4.78 is 31.3. The molecule has 0 aliphatic heterocycles. The smallest absolute Gasteiger partial charge is 0.165 e. The largest absolute Gasteiger partial charge is 0.485 e. The van der Waals surface area contributed by atoms with Gasteiger partial charge in [-0.1, -0.05) is 6.58 Å². The average Bonchev–Trinajstić information content (AvgIpc) is 2.33. The van der Waals surface area contributed by atoms with Gasteiger partial charge < -0.3 is 10.5 Å². The van der Waals surface area contributed by atoms with Gasteiger partial charge in [-0.05, 0) is 31.0 Å². The highest BCUT2D eigenvalue weighted by molar-refractivity contribution is 5.30. The van der Waals surface area contributed by atoms with Crippen molar-refractivity contribution in [2.75, 3.05) is 0 Å². The van der Waals surface area contributed by atoms with Crippen LogP contribution >= 0.6 is 0 Å². The second-order valence-electron chi connectivity index (χ2n) is 3.14. The standard InChI is InChI=1S/C12H12F2N2O/c1-3-11(12(15)16-2)17-7-8-6-9(13)4-5-10(8)14/h3-6H,1-2,7,15H2/b12-11+. The number of benzene rings is 1. The van der Waals surface area contributed by atoms with E-state index in [1.165, 1.54) is 6.08 Å². The van der Waals surface area contributed by atoms with Gasteiger partial charge in [-0.25, -0.2) is 13.8 Å². The molecule has 0 bridgehead atoms. The summed E-state index contributed by atoms with van der Waals surface area (Å²) in [5, 5.41) is 0. The van der Waals surface area contributed by atoms with E-state index in [0.717, 1.165) is 18.2 Å². The first kappa shape index (κ1) is 12.9. The second-order valence-corrected chi connectivity index (χ2v) is 3.14. The highest BCUT2D eigenvalue weighted by Gasteiger charge is 2.06. The fourth-order valence-electron chi connectivity index (χ4n) is 1.12. The number of aliphatic imine (C=N–C) groups is 1. The van der Waals surface area contributed by atoms with E-state index >= 15 is 0 Å². The Hall–Kier alpha value is -2.17. The Morgan fingerprint density at radius 1 is 1.47 bits per heavy atom. The number of hydrogen-bond acceptors (Lipinski definition) is 3. The zero-order valence-corrected chi connectivity index (χ0v) is 9.12. The van der Waals surface area contributed by atoms with Crippen LogP contribution in [0.25, 0.3) is 0 Å². The van der Waals surface area contributed by atoms with Crippen molar-refractivity contribution in [3.8, 4) is 0 Å². The molecule has 0 amide bonds. The Morgan fingerprint density at radius 2 is 2.18 bits per heavy atom. The average molecular weight is 238 g/mol. The number of rotatable bonds is 5. The molecular formula is C12H12F2N2O. The Kier molecular flexibility index (Phi) is 4.39. The van der Waals surface area contributed by atoms with Crippen LogP contribution in [-0.4, -0.2) is 6.72 Å². The summed E-state index contributed by atoms with van der Waals surface area (Å²) in [6, 6.07) is 3.11. The van der Waals surface area contributed by atoms with Gasteiger partial charge in [-0.2, -0.15) is 0 Å². The van der Waals surface area contributed by atoms with Crippen molar-refractivity contribution < 1.29 is 13.5 Å². The van der Waals surface area contributed by atoms with E-state index in [9.17, 15) is 8.78 Å². The second kappa shape index (κ2) is 5.79. The molecule has 3 nitrogen and oxygen atoms in total. The molecular weight excluding hydrogens is 226 g/mol. The molecule has 1 rings (SSSR count). The number of halogens is 2. The topological polar surface area (TPSA) is 47.6 Å².